The summed E-state index contributed by atoms with van der Waals surface area (Å²) >= 11 is 4.99. The Bertz CT molecular complexity index is 1620. The minimum absolute atomic E-state index is 0.119. The number of rotatable bonds is 7. The lowest BCUT2D eigenvalue weighted by Crippen LogP contribution is -2.57. The molecule has 3 amide bonds. The molecule has 0 radical (unpaired) electrons. The maximum atomic E-state index is 13.9. The van der Waals surface area contributed by atoms with Crippen LogP contribution in [-0.4, -0.2) is 51.2 Å². The Morgan fingerprint density at radius 2 is 1.86 bits per heavy atom. The Balaban J connectivity index is 1.27. The lowest BCUT2D eigenvalue weighted by Gasteiger charge is -2.35. The van der Waals surface area contributed by atoms with Gasteiger partial charge in [-0.1, -0.05) is 61.0 Å². The second-order valence-corrected chi connectivity index (χ2v) is 13.5. The molecule has 1 aliphatic rings. The van der Waals surface area contributed by atoms with Gasteiger partial charge in [-0.25, -0.2) is 9.97 Å². The molecule has 0 spiro atoms. The van der Waals surface area contributed by atoms with Gasteiger partial charge in [0.1, 0.15) is 17.6 Å². The summed E-state index contributed by atoms with van der Waals surface area (Å²) in [6.45, 7) is 10.00. The first-order valence-corrected chi connectivity index (χ1v) is 15.6. The Kier molecular flexibility index (Phi) is 8.52. The Labute approximate surface area is 257 Å². The van der Waals surface area contributed by atoms with Crippen LogP contribution in [0.2, 0.25) is 0 Å². The van der Waals surface area contributed by atoms with Crippen LogP contribution in [0.3, 0.4) is 0 Å². The third-order valence-electron chi connectivity index (χ3n) is 7.55. The van der Waals surface area contributed by atoms with E-state index in [1.165, 1.54) is 0 Å². The quantitative estimate of drug-likeness (QED) is 0.252. The maximum absolute atomic E-state index is 13.9. The van der Waals surface area contributed by atoms with Gasteiger partial charge in [-0.3, -0.25) is 14.4 Å². The van der Waals surface area contributed by atoms with Crippen LogP contribution in [-0.2, 0) is 9.59 Å². The van der Waals surface area contributed by atoms with E-state index in [1.54, 1.807) is 34.4 Å². The van der Waals surface area contributed by atoms with Gasteiger partial charge in [0, 0.05) is 11.0 Å². The zero-order chi connectivity index (χ0) is 30.2. The summed E-state index contributed by atoms with van der Waals surface area (Å²) in [6, 6.07) is 11.6. The standard InChI is InChI=1S/C31H34BrN5O4S/c1-17(19-8-10-20(11-9-19)25-18(2)33-16-42-25)34-27(38)23-7-6-14-37(23)30(40)26(31(3,4)5)36-28(39)29-35-22-15-21(32)12-13-24(22)41-29/h8-13,15-17,23,26H,6-7,14H2,1-5H3,(H,34,38)(H,36,39)/t17-,23-,26?/m0/s1. The molecule has 3 atom stereocenters. The number of carbonyl (C=O) groups is 3. The molecule has 2 N–H and O–H groups in total. The lowest BCUT2D eigenvalue weighted by atomic mass is 9.85. The van der Waals surface area contributed by atoms with E-state index in [-0.39, 0.29) is 23.7 Å². The number of hydrogen-bond acceptors (Lipinski definition) is 7. The van der Waals surface area contributed by atoms with Gasteiger partial charge in [0.05, 0.1) is 22.1 Å². The summed E-state index contributed by atoms with van der Waals surface area (Å²) in [5.41, 5.74) is 5.26. The van der Waals surface area contributed by atoms with E-state index in [4.69, 9.17) is 4.42 Å². The summed E-state index contributed by atoms with van der Waals surface area (Å²) in [5, 5.41) is 5.93. The Hall–Kier alpha value is -3.57. The van der Waals surface area contributed by atoms with Gasteiger partial charge in [0.15, 0.2) is 5.58 Å². The van der Waals surface area contributed by atoms with Crippen molar-refractivity contribution >= 4 is 56.1 Å². The number of hydrogen-bond donors (Lipinski definition) is 2. The molecule has 4 aromatic rings. The van der Waals surface area contributed by atoms with E-state index in [9.17, 15) is 14.4 Å². The molecule has 2 aromatic carbocycles. The fourth-order valence-corrected chi connectivity index (χ4v) is 6.36. The van der Waals surface area contributed by atoms with Crippen LogP contribution in [0.4, 0.5) is 0 Å². The van der Waals surface area contributed by atoms with Gasteiger partial charge in [-0.2, -0.15) is 0 Å². The van der Waals surface area contributed by atoms with Crippen molar-refractivity contribution in [1.82, 2.24) is 25.5 Å². The molecule has 1 unspecified atom stereocenters. The summed E-state index contributed by atoms with van der Waals surface area (Å²) < 4.78 is 6.46. The predicted molar refractivity (Wildman–Crippen MR) is 166 cm³/mol. The van der Waals surface area contributed by atoms with Gasteiger partial charge in [0.25, 0.3) is 5.89 Å². The van der Waals surface area contributed by atoms with Crippen LogP contribution in [0, 0.1) is 12.3 Å². The maximum Gasteiger partial charge on any atom is 0.307 e. The second-order valence-electron chi connectivity index (χ2n) is 11.7. The van der Waals surface area contributed by atoms with Crippen molar-refractivity contribution in [3.63, 3.8) is 0 Å². The number of nitrogens with one attached hydrogen (secondary N) is 2. The first kappa shape index (κ1) is 29.9. The number of oxazole rings is 1. The molecule has 3 heterocycles. The second kappa shape index (κ2) is 12.0. The summed E-state index contributed by atoms with van der Waals surface area (Å²) in [6.07, 6.45) is 1.25. The van der Waals surface area contributed by atoms with E-state index in [0.717, 1.165) is 26.2 Å². The van der Waals surface area contributed by atoms with Crippen molar-refractivity contribution in [3.8, 4) is 10.4 Å². The SMILES string of the molecule is Cc1ncsc1-c1ccc([C@H](C)NC(=O)[C@@H]2CCCN2C(=O)C(NC(=O)c2nc3cc(Br)ccc3o2)C(C)(C)C)cc1. The smallest absolute Gasteiger partial charge is 0.307 e. The van der Waals surface area contributed by atoms with E-state index in [2.05, 4.69) is 36.5 Å². The molecular weight excluding hydrogens is 618 g/mol. The molecule has 2 aromatic heterocycles. The van der Waals surface area contributed by atoms with Crippen molar-refractivity contribution in [3.05, 3.63) is 69.6 Å². The molecule has 1 fully saturated rings. The van der Waals surface area contributed by atoms with Crippen molar-refractivity contribution in [2.75, 3.05) is 6.54 Å². The number of aryl methyl sites for hydroxylation is 1. The largest absolute Gasteiger partial charge is 0.432 e. The van der Waals surface area contributed by atoms with Crippen molar-refractivity contribution in [2.24, 2.45) is 5.41 Å². The molecule has 42 heavy (non-hydrogen) atoms. The first-order chi connectivity index (χ1) is 19.9. The summed E-state index contributed by atoms with van der Waals surface area (Å²) in [4.78, 5) is 51.9. The molecule has 220 valence electrons. The van der Waals surface area contributed by atoms with Gasteiger partial charge in [-0.15, -0.1) is 11.3 Å². The molecule has 0 bridgehead atoms. The van der Waals surface area contributed by atoms with Crippen LogP contribution < -0.4 is 10.6 Å². The number of benzene rings is 2. The minimum Gasteiger partial charge on any atom is -0.432 e. The average molecular weight is 653 g/mol. The number of aromatic nitrogens is 2. The third kappa shape index (κ3) is 6.27. The highest BCUT2D eigenvalue weighted by molar-refractivity contribution is 9.10. The molecule has 11 heteroatoms. The van der Waals surface area contributed by atoms with Crippen molar-refractivity contribution < 1.29 is 18.8 Å². The average Bonchev–Trinajstić information content (AvgIpc) is 3.70. The molecule has 5 rings (SSSR count). The van der Waals surface area contributed by atoms with E-state index >= 15 is 0 Å². The van der Waals surface area contributed by atoms with Gasteiger partial charge < -0.3 is 20.0 Å². The molecule has 1 aliphatic heterocycles. The van der Waals surface area contributed by atoms with Gasteiger partial charge >= 0.3 is 5.91 Å². The van der Waals surface area contributed by atoms with Crippen LogP contribution in [0.5, 0.6) is 0 Å². The van der Waals surface area contributed by atoms with E-state index in [1.807, 2.05) is 64.4 Å². The first-order valence-electron chi connectivity index (χ1n) is 13.9. The number of fused-ring (bicyclic) bond motifs is 1. The fourth-order valence-electron chi connectivity index (χ4n) is 5.20. The van der Waals surface area contributed by atoms with Crippen LogP contribution in [0.15, 0.2) is 56.9 Å². The number of likely N-dealkylation sites (tertiary alicyclic amines) is 1. The van der Waals surface area contributed by atoms with Gasteiger partial charge in [-0.05, 0) is 61.4 Å². The Morgan fingerprint density at radius 1 is 1.12 bits per heavy atom. The van der Waals surface area contributed by atoms with Crippen molar-refractivity contribution in [1.29, 1.82) is 0 Å². The Morgan fingerprint density at radius 3 is 2.52 bits per heavy atom. The number of amides is 3. The van der Waals surface area contributed by atoms with E-state index < -0.39 is 23.4 Å². The normalized spacial score (nSPS) is 16.8. The lowest BCUT2D eigenvalue weighted by molar-refractivity contribution is -0.142. The molecular formula is C31H34BrN5O4S. The zero-order valence-electron chi connectivity index (χ0n) is 24.2. The fraction of sp³-hybridized carbons (Fsp3) is 0.387. The van der Waals surface area contributed by atoms with E-state index in [0.29, 0.717) is 30.5 Å². The molecule has 0 aliphatic carbocycles. The molecule has 0 saturated carbocycles. The number of carbonyl (C=O) groups excluding carboxylic acids is 3. The monoisotopic (exact) mass is 651 g/mol. The summed E-state index contributed by atoms with van der Waals surface area (Å²) in [5.74, 6) is -1.21. The topological polar surface area (TPSA) is 117 Å². The number of halogens is 1. The van der Waals surface area contributed by atoms with Crippen LogP contribution >= 0.6 is 27.3 Å². The number of nitrogens with zero attached hydrogens (tertiary/aromatic N) is 3. The molecule has 1 saturated heterocycles. The third-order valence-corrected chi connectivity index (χ3v) is 9.02. The molecule has 9 nitrogen and oxygen atoms in total. The van der Waals surface area contributed by atoms with Gasteiger partial charge in [0.2, 0.25) is 11.8 Å². The highest BCUT2D eigenvalue weighted by Crippen LogP contribution is 2.30. The minimum atomic E-state index is -0.889. The van der Waals surface area contributed by atoms with Crippen molar-refractivity contribution in [2.45, 2.75) is 65.6 Å². The zero-order valence-corrected chi connectivity index (χ0v) is 26.6. The highest BCUT2D eigenvalue weighted by Gasteiger charge is 2.42. The number of thiazole rings is 1. The van der Waals surface area contributed by atoms with Crippen LogP contribution in [0.1, 0.15) is 68.5 Å². The van der Waals surface area contributed by atoms with Crippen LogP contribution in [0.25, 0.3) is 21.5 Å². The summed E-state index contributed by atoms with van der Waals surface area (Å²) in [7, 11) is 0. The predicted octanol–water partition coefficient (Wildman–Crippen LogP) is 6.04. The highest BCUT2D eigenvalue weighted by atomic mass is 79.9.